The van der Waals surface area contributed by atoms with Gasteiger partial charge < -0.3 is 18.4 Å². The molecule has 1 aliphatic rings. The fourth-order valence-electron chi connectivity index (χ4n) is 3.83. The molecule has 1 aliphatic carbocycles. The molecule has 0 saturated carbocycles. The summed E-state index contributed by atoms with van der Waals surface area (Å²) in [6, 6.07) is 6.37. The summed E-state index contributed by atoms with van der Waals surface area (Å²) in [4.78, 5) is 2.25. The number of hydrogen-bond acceptors (Lipinski definition) is 4. The smallest absolute Gasteiger partial charge is 0.128 e. The van der Waals surface area contributed by atoms with E-state index in [1.54, 1.807) is 7.11 Å². The first-order chi connectivity index (χ1) is 16.1. The van der Waals surface area contributed by atoms with Crippen LogP contribution in [0.25, 0.3) is 10.9 Å². The van der Waals surface area contributed by atoms with Gasteiger partial charge in [0.2, 0.25) is 0 Å². The van der Waals surface area contributed by atoms with E-state index in [1.807, 2.05) is 47.8 Å². The Hall–Kier alpha value is -1.17. The third kappa shape index (κ3) is 10.3. The zero-order chi connectivity index (χ0) is 25.8. The van der Waals surface area contributed by atoms with Crippen molar-refractivity contribution in [2.45, 2.75) is 94.0 Å². The van der Waals surface area contributed by atoms with Gasteiger partial charge in [-0.15, -0.1) is 0 Å². The summed E-state index contributed by atoms with van der Waals surface area (Å²) >= 11 is 1.44. The quantitative estimate of drug-likeness (QED) is 0.292. The maximum Gasteiger partial charge on any atom is 0.128 e. The van der Waals surface area contributed by atoms with E-state index in [-0.39, 0.29) is 0 Å². The van der Waals surface area contributed by atoms with Crippen LogP contribution < -0.4 is 4.74 Å². The van der Waals surface area contributed by atoms with E-state index in [0.29, 0.717) is 5.92 Å². The third-order valence-electron chi connectivity index (χ3n) is 5.56. The number of rotatable bonds is 7. The largest absolute Gasteiger partial charge is 0.496 e. The molecule has 4 nitrogen and oxygen atoms in total. The molecule has 2 aromatic rings. The van der Waals surface area contributed by atoms with Gasteiger partial charge in [-0.25, -0.2) is 0 Å². The van der Waals surface area contributed by atoms with Crippen molar-refractivity contribution in [2.75, 3.05) is 40.1 Å². The number of methoxy groups -OCH3 is 1. The summed E-state index contributed by atoms with van der Waals surface area (Å²) in [5, 5.41) is 1.31. The Balaban J connectivity index is 0. The number of hydrogen-bond donors (Lipinski definition) is 0. The molecular formula is C28H54N2O2S. The van der Waals surface area contributed by atoms with Crippen molar-refractivity contribution in [3.63, 3.8) is 0 Å². The summed E-state index contributed by atoms with van der Waals surface area (Å²) in [6.07, 6.45) is 5.67. The fraction of sp³-hybridized carbons (Fsp3) is 0.714. The van der Waals surface area contributed by atoms with Gasteiger partial charge in [0.15, 0.2) is 0 Å². The summed E-state index contributed by atoms with van der Waals surface area (Å²) in [5.74, 6) is 1.61. The summed E-state index contributed by atoms with van der Waals surface area (Å²) < 4.78 is 13.6. The van der Waals surface area contributed by atoms with E-state index in [2.05, 4.69) is 55.5 Å². The minimum absolute atomic E-state index is 0.607. The molecule has 0 fully saturated rings. The van der Waals surface area contributed by atoms with Gasteiger partial charge in [-0.2, -0.15) is 0 Å². The average molecular weight is 483 g/mol. The van der Waals surface area contributed by atoms with E-state index >= 15 is 0 Å². The van der Waals surface area contributed by atoms with Crippen LogP contribution in [-0.2, 0) is 17.1 Å². The maximum atomic E-state index is 5.63. The Morgan fingerprint density at radius 1 is 1.06 bits per heavy atom. The van der Waals surface area contributed by atoms with Gasteiger partial charge >= 0.3 is 0 Å². The predicted octanol–water partition coefficient (Wildman–Crippen LogP) is 8.42. The highest BCUT2D eigenvalue weighted by molar-refractivity contribution is 7.93. The Bertz CT molecular complexity index is 711. The van der Waals surface area contributed by atoms with E-state index in [0.717, 1.165) is 38.4 Å². The number of fused-ring (bicyclic) bond motifs is 3. The molecule has 194 valence electrons. The second-order valence-electron chi connectivity index (χ2n) is 7.14. The van der Waals surface area contributed by atoms with Crippen molar-refractivity contribution < 1.29 is 8.92 Å². The monoisotopic (exact) mass is 482 g/mol. The lowest BCUT2D eigenvalue weighted by Crippen LogP contribution is -2.15. The van der Waals surface area contributed by atoms with Gasteiger partial charge in [-0.3, -0.25) is 0 Å². The minimum atomic E-state index is 0.607. The van der Waals surface area contributed by atoms with Crippen LogP contribution in [0.5, 0.6) is 5.75 Å². The van der Waals surface area contributed by atoms with Crippen molar-refractivity contribution >= 4 is 22.9 Å². The number of nitrogens with zero attached hydrogens (tertiary/aromatic N) is 2. The van der Waals surface area contributed by atoms with Gasteiger partial charge in [0.05, 0.1) is 19.2 Å². The summed E-state index contributed by atoms with van der Waals surface area (Å²) in [6.45, 7) is 22.6. The van der Waals surface area contributed by atoms with Crippen molar-refractivity contribution in [1.29, 1.82) is 0 Å². The lowest BCUT2D eigenvalue weighted by Gasteiger charge is -2.21. The molecule has 0 aliphatic heterocycles. The minimum Gasteiger partial charge on any atom is -0.496 e. The van der Waals surface area contributed by atoms with Crippen LogP contribution in [0.15, 0.2) is 18.2 Å². The van der Waals surface area contributed by atoms with Gasteiger partial charge in [0.25, 0.3) is 0 Å². The fourth-order valence-corrected chi connectivity index (χ4v) is 4.07. The van der Waals surface area contributed by atoms with Crippen LogP contribution in [0.2, 0.25) is 0 Å². The van der Waals surface area contributed by atoms with E-state index < -0.39 is 0 Å². The molecule has 3 rings (SSSR count). The molecule has 1 aromatic heterocycles. The van der Waals surface area contributed by atoms with Gasteiger partial charge in [-0.1, -0.05) is 68.4 Å². The zero-order valence-corrected chi connectivity index (χ0v) is 24.7. The topological polar surface area (TPSA) is 26.6 Å². The summed E-state index contributed by atoms with van der Waals surface area (Å²) in [7, 11) is 3.88. The molecular weight excluding hydrogens is 428 g/mol. The van der Waals surface area contributed by atoms with Crippen LogP contribution in [0, 0.1) is 0 Å². The molecule has 0 bridgehead atoms. The molecule has 1 aromatic carbocycles. The highest BCUT2D eigenvalue weighted by Crippen LogP contribution is 2.42. The normalized spacial score (nSPS) is 13.8. The van der Waals surface area contributed by atoms with Crippen LogP contribution >= 0.6 is 12.0 Å². The van der Waals surface area contributed by atoms with Crippen LogP contribution in [0.3, 0.4) is 0 Å². The lowest BCUT2D eigenvalue weighted by molar-refractivity contribution is 0.348. The van der Waals surface area contributed by atoms with Gasteiger partial charge in [-0.05, 0) is 75.1 Å². The molecule has 0 spiro atoms. The first-order valence-corrected chi connectivity index (χ1v) is 14.3. The van der Waals surface area contributed by atoms with Crippen LogP contribution in [0.4, 0.5) is 0 Å². The van der Waals surface area contributed by atoms with Crippen molar-refractivity contribution in [1.82, 2.24) is 9.47 Å². The van der Waals surface area contributed by atoms with E-state index in [9.17, 15) is 0 Å². The molecule has 1 atom stereocenters. The van der Waals surface area contributed by atoms with Crippen LogP contribution in [-0.4, -0.2) is 49.6 Å². The number of benzene rings is 1. The van der Waals surface area contributed by atoms with E-state index in [4.69, 9.17) is 8.92 Å². The Kier molecular flexibility index (Phi) is 22.0. The molecule has 33 heavy (non-hydrogen) atoms. The molecule has 1 heterocycles. The lowest BCUT2D eigenvalue weighted by atomic mass is 9.86. The Morgan fingerprint density at radius 3 is 2.15 bits per heavy atom. The highest BCUT2D eigenvalue weighted by atomic mass is 32.2. The number of ether oxygens (including phenoxy) is 1. The molecule has 0 amide bonds. The molecule has 0 saturated heterocycles. The predicted molar refractivity (Wildman–Crippen MR) is 152 cm³/mol. The first-order valence-electron chi connectivity index (χ1n) is 13.1. The maximum absolute atomic E-state index is 5.63. The van der Waals surface area contributed by atoms with Gasteiger partial charge in [0, 0.05) is 23.9 Å². The van der Waals surface area contributed by atoms with Crippen LogP contribution in [0.1, 0.15) is 92.3 Å². The van der Waals surface area contributed by atoms with Gasteiger partial charge in [0.1, 0.15) is 5.75 Å². The molecule has 0 N–H and O–H groups in total. The summed E-state index contributed by atoms with van der Waals surface area (Å²) in [5.41, 5.74) is 4.27. The third-order valence-corrected chi connectivity index (χ3v) is 5.96. The standard InChI is InChI=1S/C17H23NO2S.C5H13N.3C2H6/c1-12-6-4-7-13-16(12)17-14(8-5-9-15(17)19-2)18(13)10-11-20-21-3;1-4-6(3)5-2;3*1-2/h5,8-9,12H,4,6-7,10-11H2,1-3H3;4-5H2,1-3H3;3*1-2H3. The Labute approximate surface area is 210 Å². The number of aromatic nitrogens is 1. The molecule has 1 unspecified atom stereocenters. The van der Waals surface area contributed by atoms with Crippen molar-refractivity contribution in [3.05, 3.63) is 29.5 Å². The first kappa shape index (κ1) is 34.0. The van der Waals surface area contributed by atoms with Crippen molar-refractivity contribution in [3.8, 4) is 5.75 Å². The zero-order valence-electron chi connectivity index (χ0n) is 23.9. The van der Waals surface area contributed by atoms with Crippen molar-refractivity contribution in [2.24, 2.45) is 0 Å². The molecule has 5 heteroatoms. The average Bonchev–Trinajstić information content (AvgIpc) is 3.22. The molecule has 0 radical (unpaired) electrons. The second kappa shape index (κ2) is 21.4. The highest BCUT2D eigenvalue weighted by Gasteiger charge is 2.26. The Morgan fingerprint density at radius 2 is 1.67 bits per heavy atom. The van der Waals surface area contributed by atoms with E-state index in [1.165, 1.54) is 47.0 Å². The second-order valence-corrected chi connectivity index (χ2v) is 7.71. The SMILES string of the molecule is CC.CC.CC.CCN(C)CC.COc1cccc2c1c1c(n2CCOSC)CCCC1C.